The molecule has 0 aliphatic carbocycles. The third kappa shape index (κ3) is 3.34. The Bertz CT molecular complexity index is 332. The Morgan fingerprint density at radius 3 is 2.80 bits per heavy atom. The van der Waals surface area contributed by atoms with Crippen LogP contribution in [0.15, 0.2) is 18.2 Å². The molecule has 0 saturated heterocycles. The molecule has 0 saturated carbocycles. The molecule has 0 aliphatic heterocycles. The molecule has 1 atom stereocenters. The van der Waals surface area contributed by atoms with E-state index in [4.69, 9.17) is 23.1 Å². The lowest BCUT2D eigenvalue weighted by molar-refractivity contribution is 0.610. The fourth-order valence-corrected chi connectivity index (χ4v) is 1.47. The van der Waals surface area contributed by atoms with E-state index in [1.807, 2.05) is 0 Å². The molecule has 1 aromatic carbocycles. The minimum Gasteiger partial charge on any atom is -0.371 e. The van der Waals surface area contributed by atoms with Gasteiger partial charge >= 0.3 is 0 Å². The quantitative estimate of drug-likeness (QED) is 0.819. The molecule has 15 heavy (non-hydrogen) atoms. The molecule has 1 rings (SSSR count). The fourth-order valence-electron chi connectivity index (χ4n) is 1.30. The van der Waals surface area contributed by atoms with Gasteiger partial charge < -0.3 is 16.4 Å². The molecule has 0 radical (unpaired) electrons. The van der Waals surface area contributed by atoms with Crippen LogP contribution in [0.1, 0.15) is 0 Å². The molecule has 0 aromatic heterocycles. The van der Waals surface area contributed by atoms with Crippen LogP contribution in [0.25, 0.3) is 0 Å². The van der Waals surface area contributed by atoms with Crippen LogP contribution in [0, 0.1) is 5.82 Å². The van der Waals surface area contributed by atoms with Crippen molar-refractivity contribution in [3.8, 4) is 0 Å². The van der Waals surface area contributed by atoms with Crippen molar-refractivity contribution in [3.63, 3.8) is 0 Å². The summed E-state index contributed by atoms with van der Waals surface area (Å²) in [6.45, 7) is 0.861. The van der Waals surface area contributed by atoms with E-state index in [1.165, 1.54) is 12.1 Å². The van der Waals surface area contributed by atoms with Gasteiger partial charge in [-0.25, -0.2) is 4.39 Å². The molecule has 4 N–H and O–H groups in total. The van der Waals surface area contributed by atoms with Gasteiger partial charge in [-0.1, -0.05) is 11.6 Å². The summed E-state index contributed by atoms with van der Waals surface area (Å²) in [6, 6.07) is 4.24. The van der Waals surface area contributed by atoms with Gasteiger partial charge in [0.05, 0.1) is 5.69 Å². The summed E-state index contributed by atoms with van der Waals surface area (Å²) in [5.41, 5.74) is 11.5. The zero-order valence-corrected chi connectivity index (χ0v) is 9.34. The highest BCUT2D eigenvalue weighted by Crippen LogP contribution is 2.22. The highest BCUT2D eigenvalue weighted by atomic mass is 35.5. The van der Waals surface area contributed by atoms with E-state index in [0.29, 0.717) is 23.8 Å². The highest BCUT2D eigenvalue weighted by Gasteiger charge is 2.10. The molecular weight excluding hydrogens is 217 g/mol. The van der Waals surface area contributed by atoms with E-state index in [0.717, 1.165) is 0 Å². The Labute approximate surface area is 93.8 Å². The minimum absolute atomic E-state index is 0.173. The zero-order chi connectivity index (χ0) is 11.4. The average molecular weight is 232 g/mol. The van der Waals surface area contributed by atoms with Gasteiger partial charge in [0.15, 0.2) is 0 Å². The Hall–Kier alpha value is -0.840. The second-order valence-electron chi connectivity index (χ2n) is 3.47. The van der Waals surface area contributed by atoms with Crippen molar-refractivity contribution in [1.82, 2.24) is 0 Å². The van der Waals surface area contributed by atoms with Crippen molar-refractivity contribution in [1.29, 1.82) is 0 Å². The molecule has 84 valence electrons. The Kier molecular flexibility index (Phi) is 4.32. The summed E-state index contributed by atoms with van der Waals surface area (Å²) in [6.07, 6.45) is 0. The van der Waals surface area contributed by atoms with Gasteiger partial charge in [0.2, 0.25) is 0 Å². The van der Waals surface area contributed by atoms with E-state index < -0.39 is 0 Å². The number of nitrogens with zero attached hydrogens (tertiary/aromatic N) is 1. The monoisotopic (exact) mass is 231 g/mol. The van der Waals surface area contributed by atoms with Gasteiger partial charge in [0.1, 0.15) is 5.82 Å². The van der Waals surface area contributed by atoms with E-state index in [1.54, 1.807) is 18.0 Å². The molecule has 1 aromatic rings. The van der Waals surface area contributed by atoms with Crippen molar-refractivity contribution < 1.29 is 4.39 Å². The Morgan fingerprint density at radius 2 is 2.20 bits per heavy atom. The van der Waals surface area contributed by atoms with Gasteiger partial charge in [-0.2, -0.15) is 0 Å². The summed E-state index contributed by atoms with van der Waals surface area (Å²) >= 11 is 5.78. The molecule has 1 unspecified atom stereocenters. The highest BCUT2D eigenvalue weighted by molar-refractivity contribution is 6.30. The van der Waals surface area contributed by atoms with E-state index in [-0.39, 0.29) is 11.9 Å². The second kappa shape index (κ2) is 5.30. The lowest BCUT2D eigenvalue weighted by atomic mass is 10.2. The number of likely N-dealkylation sites (N-methyl/N-ethyl adjacent to an activating group) is 1. The summed E-state index contributed by atoms with van der Waals surface area (Å²) in [7, 11) is 1.75. The predicted octanol–water partition coefficient (Wildman–Crippen LogP) is 1.20. The van der Waals surface area contributed by atoms with Crippen LogP contribution >= 0.6 is 11.6 Å². The first-order chi connectivity index (χ1) is 7.04. The van der Waals surface area contributed by atoms with Gasteiger partial charge in [-0.05, 0) is 18.2 Å². The van der Waals surface area contributed by atoms with Crippen LogP contribution in [-0.4, -0.2) is 26.2 Å². The van der Waals surface area contributed by atoms with E-state index in [2.05, 4.69) is 0 Å². The minimum atomic E-state index is -0.314. The molecule has 0 heterocycles. The van der Waals surface area contributed by atoms with Crippen molar-refractivity contribution >= 4 is 17.3 Å². The third-order valence-corrected chi connectivity index (χ3v) is 2.37. The molecule has 0 bridgehead atoms. The second-order valence-corrected chi connectivity index (χ2v) is 3.91. The fraction of sp³-hybridized carbons (Fsp3) is 0.400. The van der Waals surface area contributed by atoms with Crippen LogP contribution in [0.3, 0.4) is 0 Å². The number of benzene rings is 1. The van der Waals surface area contributed by atoms with Gasteiger partial charge in [-0.3, -0.25) is 0 Å². The zero-order valence-electron chi connectivity index (χ0n) is 8.58. The van der Waals surface area contributed by atoms with E-state index in [9.17, 15) is 4.39 Å². The number of halogens is 2. The number of hydrogen-bond donors (Lipinski definition) is 2. The first-order valence-electron chi connectivity index (χ1n) is 4.66. The predicted molar refractivity (Wildman–Crippen MR) is 61.7 cm³/mol. The number of rotatable bonds is 4. The summed E-state index contributed by atoms with van der Waals surface area (Å²) in [5.74, 6) is -0.314. The van der Waals surface area contributed by atoms with Crippen LogP contribution in [0.4, 0.5) is 10.1 Å². The van der Waals surface area contributed by atoms with Crippen LogP contribution in [-0.2, 0) is 0 Å². The summed E-state index contributed by atoms with van der Waals surface area (Å²) in [5, 5.41) is 0.500. The largest absolute Gasteiger partial charge is 0.371 e. The maximum Gasteiger partial charge on any atom is 0.146 e. The Morgan fingerprint density at radius 1 is 1.53 bits per heavy atom. The smallest absolute Gasteiger partial charge is 0.146 e. The van der Waals surface area contributed by atoms with Crippen molar-refractivity contribution in [2.45, 2.75) is 6.04 Å². The van der Waals surface area contributed by atoms with Gasteiger partial charge in [0, 0.05) is 31.2 Å². The lowest BCUT2D eigenvalue weighted by Crippen LogP contribution is -2.40. The topological polar surface area (TPSA) is 55.3 Å². The van der Waals surface area contributed by atoms with Crippen molar-refractivity contribution in [3.05, 3.63) is 29.0 Å². The molecule has 0 aliphatic rings. The summed E-state index contributed by atoms with van der Waals surface area (Å²) in [4.78, 5) is 1.71. The maximum absolute atomic E-state index is 13.4. The number of hydrogen-bond acceptors (Lipinski definition) is 3. The molecule has 0 spiro atoms. The van der Waals surface area contributed by atoms with Crippen LogP contribution in [0.5, 0.6) is 0 Å². The van der Waals surface area contributed by atoms with Crippen molar-refractivity contribution in [2.24, 2.45) is 11.5 Å². The summed E-state index contributed by atoms with van der Waals surface area (Å²) < 4.78 is 13.4. The molecule has 3 nitrogen and oxygen atoms in total. The van der Waals surface area contributed by atoms with Crippen molar-refractivity contribution in [2.75, 3.05) is 25.0 Å². The molecule has 5 heteroatoms. The number of nitrogens with two attached hydrogens (primary N) is 2. The molecule has 0 fully saturated rings. The van der Waals surface area contributed by atoms with E-state index >= 15 is 0 Å². The average Bonchev–Trinajstić information content (AvgIpc) is 2.21. The van der Waals surface area contributed by atoms with Crippen LogP contribution in [0.2, 0.25) is 5.02 Å². The molecule has 0 amide bonds. The van der Waals surface area contributed by atoms with Crippen LogP contribution < -0.4 is 16.4 Å². The third-order valence-electron chi connectivity index (χ3n) is 2.13. The Balaban J connectivity index is 2.80. The first kappa shape index (κ1) is 12.2. The molecular formula is C10H15ClFN3. The first-order valence-corrected chi connectivity index (χ1v) is 5.04. The standard InChI is InChI=1S/C10H15ClFN3/c1-15(6-8(14)5-13)10-4-7(11)2-3-9(10)12/h2-4,8H,5-6,13-14H2,1H3. The lowest BCUT2D eigenvalue weighted by Gasteiger charge is -2.23. The maximum atomic E-state index is 13.4. The van der Waals surface area contributed by atoms with Gasteiger partial charge in [-0.15, -0.1) is 0 Å². The SMILES string of the molecule is CN(CC(N)CN)c1cc(Cl)ccc1F. The van der Waals surface area contributed by atoms with Gasteiger partial charge in [0.25, 0.3) is 0 Å². The number of anilines is 1. The normalized spacial score (nSPS) is 12.6.